The van der Waals surface area contributed by atoms with Gasteiger partial charge in [-0.1, -0.05) is 42.5 Å². The monoisotopic (exact) mass is 505 g/mol. The molecule has 0 aliphatic carbocycles. The summed E-state index contributed by atoms with van der Waals surface area (Å²) < 4.78 is 42.4. The third-order valence-corrected chi connectivity index (χ3v) is 6.78. The first-order chi connectivity index (χ1) is 17.2. The van der Waals surface area contributed by atoms with Crippen molar-refractivity contribution in [3.63, 3.8) is 0 Å². The SMILES string of the molecule is O=C(NO)[C@H]1CN(C(=O)c2ccccc2OC(F)(F)F)CC[C@@H]1C(=O)N1CC[C@@H](c2ccccc2)C1. The average molecular weight is 505 g/mol. The van der Waals surface area contributed by atoms with Crippen LogP contribution < -0.4 is 10.2 Å². The molecule has 0 radical (unpaired) electrons. The standard InChI is InChI=1S/C25H26F3N3O5/c26-25(27,28)36-21-9-5-4-8-19(21)24(34)31-13-11-18(20(15-31)22(32)29-35)23(33)30-12-10-17(14-30)16-6-2-1-3-7-16/h1-9,17-18,20,35H,10-15H2,(H,29,32)/t17-,18+,20+/m1/s1. The quantitative estimate of drug-likeness (QED) is 0.481. The third-order valence-electron chi connectivity index (χ3n) is 6.78. The lowest BCUT2D eigenvalue weighted by molar-refractivity contribution is -0.274. The smallest absolute Gasteiger partial charge is 0.405 e. The van der Waals surface area contributed by atoms with Gasteiger partial charge in [-0.3, -0.25) is 19.6 Å². The van der Waals surface area contributed by atoms with Crippen LogP contribution in [-0.2, 0) is 9.59 Å². The summed E-state index contributed by atoms with van der Waals surface area (Å²) >= 11 is 0. The zero-order valence-electron chi connectivity index (χ0n) is 19.3. The molecule has 3 amide bonds. The maximum atomic E-state index is 13.4. The molecule has 2 N–H and O–H groups in total. The van der Waals surface area contributed by atoms with Crippen LogP contribution in [0.25, 0.3) is 0 Å². The highest BCUT2D eigenvalue weighted by Crippen LogP contribution is 2.33. The molecule has 8 nitrogen and oxygen atoms in total. The number of para-hydroxylation sites is 1. The molecule has 0 saturated carbocycles. The molecule has 0 spiro atoms. The van der Waals surface area contributed by atoms with Gasteiger partial charge in [-0.2, -0.15) is 0 Å². The summed E-state index contributed by atoms with van der Waals surface area (Å²) in [7, 11) is 0. The lowest BCUT2D eigenvalue weighted by Gasteiger charge is -2.38. The Morgan fingerprint density at radius 3 is 2.25 bits per heavy atom. The highest BCUT2D eigenvalue weighted by molar-refractivity contribution is 5.98. The van der Waals surface area contributed by atoms with Crippen molar-refractivity contribution in [1.82, 2.24) is 15.3 Å². The number of amides is 3. The van der Waals surface area contributed by atoms with Crippen molar-refractivity contribution in [2.75, 3.05) is 26.2 Å². The zero-order chi connectivity index (χ0) is 25.9. The van der Waals surface area contributed by atoms with Crippen LogP contribution in [0.5, 0.6) is 5.75 Å². The van der Waals surface area contributed by atoms with Crippen molar-refractivity contribution in [3.05, 3.63) is 65.7 Å². The summed E-state index contributed by atoms with van der Waals surface area (Å²) in [6, 6.07) is 14.8. The maximum absolute atomic E-state index is 13.4. The van der Waals surface area contributed by atoms with Crippen LogP contribution in [0, 0.1) is 11.8 Å². The summed E-state index contributed by atoms with van der Waals surface area (Å²) in [6.07, 6.45) is -4.08. The first-order valence-electron chi connectivity index (χ1n) is 11.6. The van der Waals surface area contributed by atoms with Gasteiger partial charge >= 0.3 is 6.36 Å². The Hall–Kier alpha value is -3.60. The van der Waals surface area contributed by atoms with Gasteiger partial charge < -0.3 is 14.5 Å². The molecule has 2 saturated heterocycles. The Morgan fingerprint density at radius 2 is 1.56 bits per heavy atom. The molecule has 0 unspecified atom stereocenters. The predicted octanol–water partition coefficient (Wildman–Crippen LogP) is 3.19. The number of hydroxylamine groups is 1. The predicted molar refractivity (Wildman–Crippen MR) is 121 cm³/mol. The fourth-order valence-corrected chi connectivity index (χ4v) is 5.00. The fourth-order valence-electron chi connectivity index (χ4n) is 5.00. The molecule has 0 bridgehead atoms. The number of likely N-dealkylation sites (tertiary alicyclic amines) is 2. The van der Waals surface area contributed by atoms with Crippen molar-refractivity contribution in [1.29, 1.82) is 0 Å². The van der Waals surface area contributed by atoms with E-state index in [1.165, 1.54) is 23.1 Å². The number of ether oxygens (including phenoxy) is 1. The molecule has 36 heavy (non-hydrogen) atoms. The molecular weight excluding hydrogens is 479 g/mol. The van der Waals surface area contributed by atoms with Gasteiger partial charge in [0.2, 0.25) is 11.8 Å². The van der Waals surface area contributed by atoms with Crippen molar-refractivity contribution in [2.24, 2.45) is 11.8 Å². The van der Waals surface area contributed by atoms with Crippen molar-refractivity contribution in [3.8, 4) is 5.75 Å². The second kappa shape index (κ2) is 10.6. The summed E-state index contributed by atoms with van der Waals surface area (Å²) in [5.41, 5.74) is 2.38. The number of benzene rings is 2. The Bertz CT molecular complexity index is 1110. The van der Waals surface area contributed by atoms with Crippen LogP contribution in [0.3, 0.4) is 0 Å². The summed E-state index contributed by atoms with van der Waals surface area (Å²) in [4.78, 5) is 41.9. The number of alkyl halides is 3. The van der Waals surface area contributed by atoms with E-state index >= 15 is 0 Å². The summed E-state index contributed by atoms with van der Waals surface area (Å²) in [5, 5.41) is 9.28. The van der Waals surface area contributed by atoms with Gasteiger partial charge in [-0.25, -0.2) is 5.48 Å². The largest absolute Gasteiger partial charge is 0.573 e. The Kier molecular flexibility index (Phi) is 7.48. The molecule has 3 atom stereocenters. The van der Waals surface area contributed by atoms with E-state index in [1.54, 1.807) is 10.4 Å². The molecule has 192 valence electrons. The minimum absolute atomic E-state index is 0.0563. The zero-order valence-corrected chi connectivity index (χ0v) is 19.3. The van der Waals surface area contributed by atoms with Gasteiger partial charge in [0.1, 0.15) is 5.75 Å². The normalized spacial score (nSPS) is 22.3. The van der Waals surface area contributed by atoms with Crippen LogP contribution in [0.15, 0.2) is 54.6 Å². The number of hydrogen-bond donors (Lipinski definition) is 2. The number of rotatable bonds is 5. The number of halogens is 3. The van der Waals surface area contributed by atoms with Gasteiger partial charge in [-0.15, -0.1) is 13.2 Å². The van der Waals surface area contributed by atoms with Gasteiger partial charge in [0.05, 0.1) is 17.4 Å². The lowest BCUT2D eigenvalue weighted by Crippen LogP contribution is -2.53. The first kappa shape index (κ1) is 25.5. The number of carbonyl (C=O) groups is 3. The van der Waals surface area contributed by atoms with Gasteiger partial charge in [0.25, 0.3) is 5.91 Å². The third kappa shape index (κ3) is 5.62. The van der Waals surface area contributed by atoms with Crippen molar-refractivity contribution < 1.29 is 37.5 Å². The van der Waals surface area contributed by atoms with E-state index in [9.17, 15) is 32.8 Å². The molecule has 2 aromatic carbocycles. The van der Waals surface area contributed by atoms with E-state index in [0.717, 1.165) is 18.1 Å². The minimum atomic E-state index is -4.98. The Morgan fingerprint density at radius 1 is 0.889 bits per heavy atom. The van der Waals surface area contributed by atoms with Crippen LogP contribution in [0.4, 0.5) is 13.2 Å². The van der Waals surface area contributed by atoms with E-state index in [1.807, 2.05) is 30.3 Å². The molecule has 2 aliphatic rings. The fraction of sp³-hybridized carbons (Fsp3) is 0.400. The highest BCUT2D eigenvalue weighted by Gasteiger charge is 2.43. The minimum Gasteiger partial charge on any atom is -0.405 e. The van der Waals surface area contributed by atoms with Crippen LogP contribution >= 0.6 is 0 Å². The molecule has 2 fully saturated rings. The molecule has 2 heterocycles. The molecular formula is C25H26F3N3O5. The van der Waals surface area contributed by atoms with Gasteiger partial charge in [-0.05, 0) is 30.5 Å². The number of hydrogen-bond acceptors (Lipinski definition) is 5. The van der Waals surface area contributed by atoms with Crippen LogP contribution in [0.2, 0.25) is 0 Å². The Balaban J connectivity index is 1.48. The molecule has 0 aromatic heterocycles. The second-order valence-electron chi connectivity index (χ2n) is 8.95. The van der Waals surface area contributed by atoms with E-state index in [2.05, 4.69) is 4.74 Å². The van der Waals surface area contributed by atoms with E-state index in [4.69, 9.17) is 0 Å². The van der Waals surface area contributed by atoms with Crippen LogP contribution in [0.1, 0.15) is 34.7 Å². The van der Waals surface area contributed by atoms with E-state index in [0.29, 0.717) is 13.1 Å². The van der Waals surface area contributed by atoms with Gasteiger partial charge in [0.15, 0.2) is 0 Å². The summed E-state index contributed by atoms with van der Waals surface area (Å²) in [6.45, 7) is 0.837. The van der Waals surface area contributed by atoms with Gasteiger partial charge in [0, 0.05) is 32.1 Å². The second-order valence-corrected chi connectivity index (χ2v) is 8.95. The first-order valence-corrected chi connectivity index (χ1v) is 11.6. The molecule has 2 aliphatic heterocycles. The number of nitrogens with zero attached hydrogens (tertiary/aromatic N) is 2. The van der Waals surface area contributed by atoms with E-state index in [-0.39, 0.29) is 36.9 Å². The highest BCUT2D eigenvalue weighted by atomic mass is 19.4. The number of nitrogens with one attached hydrogen (secondary N) is 1. The van der Waals surface area contributed by atoms with Crippen LogP contribution in [-0.4, -0.2) is 65.3 Å². The molecule has 4 rings (SSSR count). The van der Waals surface area contributed by atoms with Crippen molar-refractivity contribution in [2.45, 2.75) is 25.1 Å². The Labute approximate surface area is 205 Å². The summed E-state index contributed by atoms with van der Waals surface area (Å²) in [5.74, 6) is -4.15. The lowest BCUT2D eigenvalue weighted by atomic mass is 9.83. The number of carbonyl (C=O) groups excluding carboxylic acids is 3. The average Bonchev–Trinajstić information content (AvgIpc) is 3.37. The maximum Gasteiger partial charge on any atom is 0.573 e. The van der Waals surface area contributed by atoms with E-state index < -0.39 is 35.8 Å². The molecule has 2 aromatic rings. The topological polar surface area (TPSA) is 99.2 Å². The molecule has 11 heteroatoms. The number of piperidine rings is 1. The van der Waals surface area contributed by atoms with Crippen molar-refractivity contribution >= 4 is 17.7 Å².